The van der Waals surface area contributed by atoms with Gasteiger partial charge in [-0.15, -0.1) is 39.2 Å². The molecule has 0 atom stereocenters. The average molecular weight is 296 g/mol. The van der Waals surface area contributed by atoms with Crippen molar-refractivity contribution in [2.45, 2.75) is 20.8 Å². The van der Waals surface area contributed by atoms with Gasteiger partial charge in [0.15, 0.2) is 0 Å². The van der Waals surface area contributed by atoms with Crippen molar-refractivity contribution in [2.75, 3.05) is 0 Å². The van der Waals surface area contributed by atoms with E-state index in [9.17, 15) is 0 Å². The summed E-state index contributed by atoms with van der Waals surface area (Å²) in [5.74, 6) is 0. The Bertz CT molecular complexity index is 630. The fraction of sp³-hybridized carbons (Fsp3) is 0.188. The Balaban J connectivity index is 0.00000108. The Morgan fingerprint density at radius 3 is 1.59 bits per heavy atom. The zero-order valence-electron chi connectivity index (χ0n) is 10.5. The van der Waals surface area contributed by atoms with Crippen LogP contribution < -0.4 is 0 Å². The van der Waals surface area contributed by atoms with E-state index < -0.39 is 0 Å². The van der Waals surface area contributed by atoms with Crippen LogP contribution in [-0.4, -0.2) is 0 Å². The summed E-state index contributed by atoms with van der Waals surface area (Å²) in [4.78, 5) is 0. The summed E-state index contributed by atoms with van der Waals surface area (Å²) in [6.07, 6.45) is 0. The molecule has 0 aliphatic heterocycles. The fourth-order valence-electron chi connectivity index (χ4n) is 2.55. The van der Waals surface area contributed by atoms with Crippen molar-refractivity contribution in [1.82, 2.24) is 0 Å². The Morgan fingerprint density at radius 2 is 1.18 bits per heavy atom. The maximum atomic E-state index is 2.29. The van der Waals surface area contributed by atoms with Gasteiger partial charge in [-0.25, -0.2) is 0 Å². The van der Waals surface area contributed by atoms with E-state index in [0.717, 1.165) is 0 Å². The molecule has 0 heterocycles. The molecule has 0 aliphatic rings. The Labute approximate surface area is 127 Å². The second-order valence-corrected chi connectivity index (χ2v) is 4.72. The van der Waals surface area contributed by atoms with Gasteiger partial charge in [0.1, 0.15) is 0 Å². The van der Waals surface area contributed by atoms with Crippen molar-refractivity contribution < 1.29 is 32.7 Å². The Kier molecular flexibility index (Phi) is 3.47. The minimum atomic E-state index is 0. The SMILES string of the molecule is Cc1ccc2c3ccc(C)cc3[c-](C)c2c1.[Y]. The van der Waals surface area contributed by atoms with Gasteiger partial charge in [0.2, 0.25) is 0 Å². The van der Waals surface area contributed by atoms with Crippen LogP contribution in [0, 0.1) is 20.8 Å². The van der Waals surface area contributed by atoms with E-state index in [4.69, 9.17) is 0 Å². The molecule has 1 radical (unpaired) electrons. The predicted molar refractivity (Wildman–Crippen MR) is 71.3 cm³/mol. The van der Waals surface area contributed by atoms with Crippen LogP contribution in [0.2, 0.25) is 0 Å². The van der Waals surface area contributed by atoms with Gasteiger partial charge in [-0.3, -0.25) is 0 Å². The molecule has 0 aromatic heterocycles. The van der Waals surface area contributed by atoms with Crippen LogP contribution >= 0.6 is 0 Å². The van der Waals surface area contributed by atoms with Crippen LogP contribution in [0.15, 0.2) is 36.4 Å². The molecule has 0 fully saturated rings. The number of rotatable bonds is 0. The Morgan fingerprint density at radius 1 is 0.765 bits per heavy atom. The monoisotopic (exact) mass is 296 g/mol. The summed E-state index contributed by atoms with van der Waals surface area (Å²) in [5.41, 5.74) is 4.09. The zero-order chi connectivity index (χ0) is 11.3. The molecule has 0 N–H and O–H groups in total. The third kappa shape index (κ3) is 1.98. The summed E-state index contributed by atoms with van der Waals surface area (Å²) < 4.78 is 0. The Hall–Kier alpha value is -0.586. The average Bonchev–Trinajstić information content (AvgIpc) is 2.53. The fourth-order valence-corrected chi connectivity index (χ4v) is 2.55. The molecule has 0 unspecified atom stereocenters. The summed E-state index contributed by atoms with van der Waals surface area (Å²) in [7, 11) is 0. The van der Waals surface area contributed by atoms with Gasteiger partial charge in [-0.05, 0) is 13.8 Å². The maximum absolute atomic E-state index is 2.29. The second kappa shape index (κ2) is 4.59. The molecule has 3 aromatic carbocycles. The summed E-state index contributed by atoms with van der Waals surface area (Å²) in [6, 6.07) is 13.5. The van der Waals surface area contributed by atoms with Crippen LogP contribution in [0.25, 0.3) is 21.5 Å². The van der Waals surface area contributed by atoms with Crippen molar-refractivity contribution in [1.29, 1.82) is 0 Å². The first-order valence-electron chi connectivity index (χ1n) is 5.73. The molecule has 3 rings (SSSR count). The van der Waals surface area contributed by atoms with Gasteiger partial charge in [0.25, 0.3) is 0 Å². The van der Waals surface area contributed by atoms with Crippen LogP contribution in [0.1, 0.15) is 16.7 Å². The number of benzene rings is 2. The molecular formula is C16H15Y-. The van der Waals surface area contributed by atoms with Crippen molar-refractivity contribution in [2.24, 2.45) is 0 Å². The normalized spacial score (nSPS) is 10.8. The van der Waals surface area contributed by atoms with E-state index in [1.165, 1.54) is 38.2 Å². The maximum Gasteiger partial charge on any atom is 0 e. The van der Waals surface area contributed by atoms with Crippen molar-refractivity contribution in [3.8, 4) is 0 Å². The van der Waals surface area contributed by atoms with Crippen molar-refractivity contribution in [3.63, 3.8) is 0 Å². The van der Waals surface area contributed by atoms with E-state index in [1.807, 2.05) is 0 Å². The molecule has 0 amide bonds. The molecular weight excluding hydrogens is 281 g/mol. The summed E-state index contributed by atoms with van der Waals surface area (Å²) in [6.45, 7) is 6.53. The topological polar surface area (TPSA) is 0 Å². The molecule has 1 heteroatoms. The van der Waals surface area contributed by atoms with Crippen molar-refractivity contribution in [3.05, 3.63) is 53.1 Å². The first-order valence-corrected chi connectivity index (χ1v) is 5.73. The number of hydrogen-bond acceptors (Lipinski definition) is 0. The molecule has 0 saturated heterocycles. The first-order chi connectivity index (χ1) is 7.66. The summed E-state index contributed by atoms with van der Waals surface area (Å²) >= 11 is 0. The van der Waals surface area contributed by atoms with Crippen LogP contribution in [0.4, 0.5) is 0 Å². The standard InChI is InChI=1S/C16H15.Y/c1-10-4-6-13-14-7-5-11(2)9-16(14)12(3)15(13)8-10;/h4-9H,1-3H3;/q-1;. The molecule has 83 valence electrons. The minimum Gasteiger partial charge on any atom is -0.120 e. The number of hydrogen-bond donors (Lipinski definition) is 0. The quantitative estimate of drug-likeness (QED) is 0.530. The van der Waals surface area contributed by atoms with Crippen LogP contribution in [0.5, 0.6) is 0 Å². The van der Waals surface area contributed by atoms with Gasteiger partial charge >= 0.3 is 0 Å². The van der Waals surface area contributed by atoms with Gasteiger partial charge < -0.3 is 0 Å². The first kappa shape index (κ1) is 12.9. The van der Waals surface area contributed by atoms with E-state index >= 15 is 0 Å². The minimum absolute atomic E-state index is 0. The van der Waals surface area contributed by atoms with Gasteiger partial charge in [0.05, 0.1) is 0 Å². The molecule has 0 bridgehead atoms. The molecule has 17 heavy (non-hydrogen) atoms. The van der Waals surface area contributed by atoms with E-state index in [-0.39, 0.29) is 32.7 Å². The molecule has 0 aliphatic carbocycles. The molecule has 0 nitrogen and oxygen atoms in total. The third-order valence-corrected chi connectivity index (χ3v) is 3.45. The molecule has 0 saturated carbocycles. The van der Waals surface area contributed by atoms with E-state index in [0.29, 0.717) is 0 Å². The third-order valence-electron chi connectivity index (χ3n) is 3.45. The number of fused-ring (bicyclic) bond motifs is 3. The largest absolute Gasteiger partial charge is 0.120 e. The van der Waals surface area contributed by atoms with Gasteiger partial charge in [-0.2, -0.15) is 0 Å². The van der Waals surface area contributed by atoms with E-state index in [2.05, 4.69) is 57.2 Å². The smallest absolute Gasteiger partial charge is 0 e. The predicted octanol–water partition coefficient (Wildman–Crippen LogP) is 4.63. The second-order valence-electron chi connectivity index (χ2n) is 4.72. The number of aryl methyl sites for hydroxylation is 3. The van der Waals surface area contributed by atoms with Crippen molar-refractivity contribution >= 4 is 21.5 Å². The molecule has 0 spiro atoms. The van der Waals surface area contributed by atoms with Crippen LogP contribution in [0.3, 0.4) is 0 Å². The van der Waals surface area contributed by atoms with Gasteiger partial charge in [0, 0.05) is 32.7 Å². The van der Waals surface area contributed by atoms with E-state index in [1.54, 1.807) is 0 Å². The van der Waals surface area contributed by atoms with Crippen LogP contribution in [-0.2, 0) is 32.7 Å². The molecule has 3 aromatic rings. The summed E-state index contributed by atoms with van der Waals surface area (Å²) in [5, 5.41) is 5.58. The van der Waals surface area contributed by atoms with Gasteiger partial charge in [-0.1, -0.05) is 42.3 Å². The zero-order valence-corrected chi connectivity index (χ0v) is 13.4.